The summed E-state index contributed by atoms with van der Waals surface area (Å²) < 4.78 is 13.8. The van der Waals surface area contributed by atoms with Crippen molar-refractivity contribution in [2.45, 2.75) is 31.8 Å². The second-order valence-electron chi connectivity index (χ2n) is 5.49. The van der Waals surface area contributed by atoms with Crippen molar-refractivity contribution >= 4 is 16.5 Å². The molecule has 0 spiro atoms. The van der Waals surface area contributed by atoms with Crippen molar-refractivity contribution in [3.8, 4) is 0 Å². The molecule has 5 heteroatoms. The number of halogens is 1. The molecule has 1 aromatic carbocycles. The third-order valence-corrected chi connectivity index (χ3v) is 5.31. The Bertz CT molecular complexity index is 626. The Labute approximate surface area is 128 Å². The van der Waals surface area contributed by atoms with E-state index in [2.05, 4.69) is 5.32 Å². The summed E-state index contributed by atoms with van der Waals surface area (Å²) >= 11 is 1.73. The van der Waals surface area contributed by atoms with Gasteiger partial charge in [0.05, 0.1) is 5.69 Å². The van der Waals surface area contributed by atoms with Gasteiger partial charge in [0.2, 0.25) is 0 Å². The number of aryl methyl sites for hydroxylation is 1. The lowest BCUT2D eigenvalue weighted by Gasteiger charge is -2.19. The highest BCUT2D eigenvalue weighted by atomic mass is 32.1. The van der Waals surface area contributed by atoms with Crippen LogP contribution in [0, 0.1) is 5.82 Å². The fourth-order valence-electron chi connectivity index (χ4n) is 2.80. The molecule has 1 N–H and O–H groups in total. The zero-order valence-corrected chi connectivity index (χ0v) is 13.2. The SMILES string of the molecule is CNC1CCCc2nc(N(C)Cc3ccccc3F)sc21. The fraction of sp³-hybridized carbons (Fsp3) is 0.438. The monoisotopic (exact) mass is 305 g/mol. The first-order valence-electron chi connectivity index (χ1n) is 7.30. The van der Waals surface area contributed by atoms with Crippen LogP contribution in [0.2, 0.25) is 0 Å². The summed E-state index contributed by atoms with van der Waals surface area (Å²) in [6.45, 7) is 0.545. The molecule has 21 heavy (non-hydrogen) atoms. The Balaban J connectivity index is 1.81. The van der Waals surface area contributed by atoms with Gasteiger partial charge in [0.15, 0.2) is 5.13 Å². The van der Waals surface area contributed by atoms with Crippen molar-refractivity contribution in [3.05, 3.63) is 46.2 Å². The number of aromatic nitrogens is 1. The lowest BCUT2D eigenvalue weighted by molar-refractivity contribution is 0.501. The summed E-state index contributed by atoms with van der Waals surface area (Å²) in [7, 11) is 3.98. The molecule has 2 aromatic rings. The number of hydrogen-bond acceptors (Lipinski definition) is 4. The Morgan fingerprint density at radius 3 is 3.00 bits per heavy atom. The second-order valence-corrected chi connectivity index (χ2v) is 6.50. The lowest BCUT2D eigenvalue weighted by atomic mass is 9.98. The minimum absolute atomic E-state index is 0.154. The van der Waals surface area contributed by atoms with Crippen LogP contribution in [0.5, 0.6) is 0 Å². The van der Waals surface area contributed by atoms with E-state index in [0.717, 1.165) is 11.6 Å². The van der Waals surface area contributed by atoms with E-state index in [-0.39, 0.29) is 5.82 Å². The van der Waals surface area contributed by atoms with E-state index in [1.807, 2.05) is 31.1 Å². The molecule has 1 unspecified atom stereocenters. The van der Waals surface area contributed by atoms with Crippen molar-refractivity contribution in [3.63, 3.8) is 0 Å². The molecule has 3 nitrogen and oxygen atoms in total. The van der Waals surface area contributed by atoms with Crippen LogP contribution in [0.4, 0.5) is 9.52 Å². The van der Waals surface area contributed by atoms with Crippen molar-refractivity contribution in [1.82, 2.24) is 10.3 Å². The molecule has 1 heterocycles. The van der Waals surface area contributed by atoms with Crippen LogP contribution in [-0.4, -0.2) is 19.1 Å². The zero-order valence-electron chi connectivity index (χ0n) is 12.4. The van der Waals surface area contributed by atoms with Gasteiger partial charge in [-0.2, -0.15) is 0 Å². The number of nitrogens with zero attached hydrogens (tertiary/aromatic N) is 2. The quantitative estimate of drug-likeness (QED) is 0.937. The molecule has 0 saturated carbocycles. The molecular formula is C16H20FN3S. The number of anilines is 1. The molecule has 0 aliphatic heterocycles. The van der Waals surface area contributed by atoms with E-state index >= 15 is 0 Å². The largest absolute Gasteiger partial charge is 0.347 e. The van der Waals surface area contributed by atoms with Crippen LogP contribution in [0.15, 0.2) is 24.3 Å². The molecule has 1 aliphatic carbocycles. The van der Waals surface area contributed by atoms with Gasteiger partial charge in [-0.1, -0.05) is 29.5 Å². The van der Waals surface area contributed by atoms with E-state index in [0.29, 0.717) is 18.2 Å². The summed E-state index contributed by atoms with van der Waals surface area (Å²) in [6.07, 6.45) is 3.40. The average molecular weight is 305 g/mol. The predicted molar refractivity (Wildman–Crippen MR) is 85.4 cm³/mol. The number of nitrogens with one attached hydrogen (secondary N) is 1. The minimum atomic E-state index is -0.154. The minimum Gasteiger partial charge on any atom is -0.347 e. The van der Waals surface area contributed by atoms with E-state index in [9.17, 15) is 4.39 Å². The van der Waals surface area contributed by atoms with Crippen LogP contribution in [0.1, 0.15) is 35.0 Å². The second kappa shape index (κ2) is 6.12. The van der Waals surface area contributed by atoms with Gasteiger partial charge in [-0.15, -0.1) is 0 Å². The topological polar surface area (TPSA) is 28.2 Å². The maximum atomic E-state index is 13.8. The smallest absolute Gasteiger partial charge is 0.185 e. The van der Waals surface area contributed by atoms with Gasteiger partial charge in [0.25, 0.3) is 0 Å². The van der Waals surface area contributed by atoms with Crippen LogP contribution in [0.3, 0.4) is 0 Å². The Kier molecular flexibility index (Phi) is 4.22. The van der Waals surface area contributed by atoms with E-state index < -0.39 is 0 Å². The molecule has 112 valence electrons. The van der Waals surface area contributed by atoms with Gasteiger partial charge < -0.3 is 10.2 Å². The molecular weight excluding hydrogens is 285 g/mol. The maximum absolute atomic E-state index is 13.8. The summed E-state index contributed by atoms with van der Waals surface area (Å²) in [5.41, 5.74) is 1.92. The van der Waals surface area contributed by atoms with Gasteiger partial charge in [-0.25, -0.2) is 9.37 Å². The molecule has 1 aromatic heterocycles. The van der Waals surface area contributed by atoms with Crippen molar-refractivity contribution in [1.29, 1.82) is 0 Å². The zero-order chi connectivity index (χ0) is 14.8. The molecule has 0 radical (unpaired) electrons. The normalized spacial score (nSPS) is 17.6. The molecule has 0 fully saturated rings. The highest BCUT2D eigenvalue weighted by molar-refractivity contribution is 7.15. The number of rotatable bonds is 4. The van der Waals surface area contributed by atoms with Gasteiger partial charge >= 0.3 is 0 Å². The molecule has 0 amide bonds. The van der Waals surface area contributed by atoms with E-state index in [4.69, 9.17) is 4.98 Å². The summed E-state index contributed by atoms with van der Waals surface area (Å²) in [5.74, 6) is -0.154. The maximum Gasteiger partial charge on any atom is 0.185 e. The van der Waals surface area contributed by atoms with Crippen molar-refractivity contribution < 1.29 is 4.39 Å². The van der Waals surface area contributed by atoms with Gasteiger partial charge in [0.1, 0.15) is 5.82 Å². The number of fused-ring (bicyclic) bond motifs is 1. The highest BCUT2D eigenvalue weighted by Crippen LogP contribution is 2.37. The first-order chi connectivity index (χ1) is 10.2. The summed E-state index contributed by atoms with van der Waals surface area (Å²) in [4.78, 5) is 8.14. The Hall–Kier alpha value is -1.46. The van der Waals surface area contributed by atoms with Crippen molar-refractivity contribution in [2.24, 2.45) is 0 Å². The van der Waals surface area contributed by atoms with Gasteiger partial charge in [-0.05, 0) is 32.4 Å². The number of benzene rings is 1. The molecule has 1 atom stereocenters. The fourth-order valence-corrected chi connectivity index (χ4v) is 4.01. The van der Waals surface area contributed by atoms with Gasteiger partial charge in [-0.3, -0.25) is 0 Å². The Morgan fingerprint density at radius 1 is 1.43 bits per heavy atom. The van der Waals surface area contributed by atoms with Gasteiger partial charge in [0, 0.05) is 30.1 Å². The predicted octanol–water partition coefficient (Wildman–Crippen LogP) is 3.52. The summed E-state index contributed by atoms with van der Waals surface area (Å²) in [5, 5.41) is 4.34. The summed E-state index contributed by atoms with van der Waals surface area (Å²) in [6, 6.07) is 7.35. The van der Waals surface area contributed by atoms with E-state index in [1.54, 1.807) is 17.4 Å². The molecule has 1 aliphatic rings. The van der Waals surface area contributed by atoms with Crippen LogP contribution < -0.4 is 10.2 Å². The third kappa shape index (κ3) is 2.94. The molecule has 0 saturated heterocycles. The average Bonchev–Trinajstić information content (AvgIpc) is 2.93. The van der Waals surface area contributed by atoms with Crippen LogP contribution >= 0.6 is 11.3 Å². The standard InChI is InChI=1S/C16H20FN3S/c1-18-13-8-5-9-14-15(13)21-16(19-14)20(2)10-11-6-3-4-7-12(11)17/h3-4,6-7,13,18H,5,8-10H2,1-2H3. The third-order valence-electron chi connectivity index (χ3n) is 3.98. The Morgan fingerprint density at radius 2 is 2.24 bits per heavy atom. The van der Waals surface area contributed by atoms with E-state index in [1.165, 1.54) is 29.5 Å². The first-order valence-corrected chi connectivity index (χ1v) is 8.12. The number of hydrogen-bond donors (Lipinski definition) is 1. The lowest BCUT2D eigenvalue weighted by Crippen LogP contribution is -2.19. The molecule has 3 rings (SSSR count). The van der Waals surface area contributed by atoms with Crippen LogP contribution in [-0.2, 0) is 13.0 Å². The molecule has 0 bridgehead atoms. The first kappa shape index (κ1) is 14.5. The van der Waals surface area contributed by atoms with Crippen LogP contribution in [0.25, 0.3) is 0 Å². The highest BCUT2D eigenvalue weighted by Gasteiger charge is 2.24. The van der Waals surface area contributed by atoms with Crippen molar-refractivity contribution in [2.75, 3.05) is 19.0 Å². The number of thiazole rings is 1.